The Kier molecular flexibility index (Phi) is 6.17. The highest BCUT2D eigenvalue weighted by Gasteiger charge is 2.89. The van der Waals surface area contributed by atoms with Gasteiger partial charge in [-0.2, -0.15) is 0 Å². The van der Waals surface area contributed by atoms with Crippen LogP contribution in [0, 0.1) is 33.5 Å². The van der Waals surface area contributed by atoms with E-state index in [1.807, 2.05) is 19.9 Å². The van der Waals surface area contributed by atoms with Gasteiger partial charge in [-0.1, -0.05) is 51.9 Å². The fourth-order valence-corrected chi connectivity index (χ4v) is 10.0. The first kappa shape index (κ1) is 28.1. The molecule has 1 aromatic heterocycles. The second-order valence-electron chi connectivity index (χ2n) is 14.0. The zero-order chi connectivity index (χ0) is 29.6. The lowest BCUT2D eigenvalue weighted by molar-refractivity contribution is -0.231. The summed E-state index contributed by atoms with van der Waals surface area (Å²) in [7, 11) is 0. The minimum atomic E-state index is -0.718. The van der Waals surface area contributed by atoms with Crippen molar-refractivity contribution >= 4 is 23.4 Å². The summed E-state index contributed by atoms with van der Waals surface area (Å²) < 4.78 is 18.6. The fourth-order valence-electron chi connectivity index (χ4n) is 10.0. The van der Waals surface area contributed by atoms with Crippen LogP contribution in [0.25, 0.3) is 0 Å². The molecule has 5 aliphatic rings. The molecule has 0 radical (unpaired) electrons. The number of nitrogens with zero attached hydrogens (tertiary/aromatic N) is 1. The van der Waals surface area contributed by atoms with E-state index >= 15 is 0 Å². The molecule has 4 aliphatic carbocycles. The van der Waals surface area contributed by atoms with Gasteiger partial charge in [0.1, 0.15) is 17.8 Å². The predicted octanol–water partition coefficient (Wildman–Crippen LogP) is 5.93. The Balaban J connectivity index is 1.50. The number of fused-ring (bicyclic) bond motifs is 3. The van der Waals surface area contributed by atoms with E-state index in [1.165, 1.54) is 6.92 Å². The number of ether oxygens (including phenoxy) is 2. The maximum Gasteiger partial charge on any atom is 0.335 e. The van der Waals surface area contributed by atoms with Gasteiger partial charge >= 0.3 is 11.9 Å². The van der Waals surface area contributed by atoms with E-state index in [2.05, 4.69) is 38.6 Å². The summed E-state index contributed by atoms with van der Waals surface area (Å²) in [5.41, 5.74) is -1.03. The smallest absolute Gasteiger partial charge is 0.335 e. The highest BCUT2D eigenvalue weighted by molar-refractivity contribution is 6.03. The molecule has 1 aromatic rings. The molecular weight excluding hydrogens is 522 g/mol. The first-order valence-electron chi connectivity index (χ1n) is 14.8. The molecule has 1 spiro atoms. The number of esters is 1. The van der Waals surface area contributed by atoms with Gasteiger partial charge in [0, 0.05) is 29.1 Å². The van der Waals surface area contributed by atoms with E-state index in [9.17, 15) is 14.4 Å². The first-order chi connectivity index (χ1) is 19.3. The third-order valence-corrected chi connectivity index (χ3v) is 11.9. The average Bonchev–Trinajstić information content (AvgIpc) is 3.35. The van der Waals surface area contributed by atoms with Crippen LogP contribution in [0.3, 0.4) is 0 Å². The second-order valence-corrected chi connectivity index (χ2v) is 14.0. The molecule has 8 nitrogen and oxygen atoms in total. The number of allylic oxidation sites excluding steroid dienone is 3. The summed E-state index contributed by atoms with van der Waals surface area (Å²) in [5.74, 6) is -0.791. The molecule has 41 heavy (non-hydrogen) atoms. The van der Waals surface area contributed by atoms with E-state index in [1.54, 1.807) is 24.7 Å². The summed E-state index contributed by atoms with van der Waals surface area (Å²) in [6.45, 7) is 15.9. The van der Waals surface area contributed by atoms with Gasteiger partial charge < -0.3 is 18.7 Å². The van der Waals surface area contributed by atoms with Crippen molar-refractivity contribution in [2.45, 2.75) is 97.4 Å². The van der Waals surface area contributed by atoms with Crippen molar-refractivity contribution in [2.75, 3.05) is 0 Å². The van der Waals surface area contributed by atoms with Gasteiger partial charge in [-0.3, -0.25) is 9.59 Å². The monoisotopic (exact) mass is 563 g/mol. The van der Waals surface area contributed by atoms with Gasteiger partial charge in [-0.05, 0) is 60.6 Å². The summed E-state index contributed by atoms with van der Waals surface area (Å²) in [6.07, 6.45) is 11.0. The van der Waals surface area contributed by atoms with Gasteiger partial charge in [-0.25, -0.2) is 4.79 Å². The molecule has 9 atom stereocenters. The van der Waals surface area contributed by atoms with E-state index in [4.69, 9.17) is 18.7 Å². The molecular formula is C33H41NO7. The summed E-state index contributed by atoms with van der Waals surface area (Å²) in [5, 5.41) is 4.49. The van der Waals surface area contributed by atoms with Gasteiger partial charge in [0.05, 0.1) is 24.7 Å². The topological polar surface area (TPSA) is 108 Å². The van der Waals surface area contributed by atoms with Crippen molar-refractivity contribution in [3.63, 3.8) is 0 Å². The lowest BCUT2D eigenvalue weighted by Gasteiger charge is -2.67. The van der Waals surface area contributed by atoms with Crippen LogP contribution >= 0.6 is 0 Å². The number of furan rings is 1. The van der Waals surface area contributed by atoms with Crippen LogP contribution in [-0.2, 0) is 28.7 Å². The predicted molar refractivity (Wildman–Crippen MR) is 151 cm³/mol. The Bertz CT molecular complexity index is 1360. The van der Waals surface area contributed by atoms with Crippen molar-refractivity contribution < 1.29 is 33.1 Å². The van der Waals surface area contributed by atoms with Gasteiger partial charge in [0.25, 0.3) is 0 Å². The number of epoxide rings is 1. The molecule has 6 rings (SSSR count). The maximum absolute atomic E-state index is 13.1. The average molecular weight is 564 g/mol. The summed E-state index contributed by atoms with van der Waals surface area (Å²) >= 11 is 0. The Morgan fingerprint density at radius 1 is 1.20 bits per heavy atom. The summed E-state index contributed by atoms with van der Waals surface area (Å²) in [6, 6.07) is 1.94. The molecule has 3 saturated carbocycles. The minimum absolute atomic E-state index is 0.00194. The lowest BCUT2D eigenvalue weighted by Crippen LogP contribution is -2.70. The molecule has 0 unspecified atom stereocenters. The molecule has 1 saturated heterocycles. The number of hydrogen-bond donors (Lipinski definition) is 0. The van der Waals surface area contributed by atoms with E-state index in [-0.39, 0.29) is 41.3 Å². The van der Waals surface area contributed by atoms with Crippen molar-refractivity contribution in [3.8, 4) is 0 Å². The second kappa shape index (κ2) is 9.00. The van der Waals surface area contributed by atoms with Crippen LogP contribution in [-0.4, -0.2) is 41.2 Å². The number of ketones is 1. The first-order valence-corrected chi connectivity index (χ1v) is 14.8. The van der Waals surface area contributed by atoms with Crippen LogP contribution in [0.5, 0.6) is 0 Å². The molecule has 4 fully saturated rings. The number of rotatable bonds is 6. The van der Waals surface area contributed by atoms with Crippen LogP contribution in [0.1, 0.15) is 85.1 Å². The molecule has 0 aromatic carbocycles. The minimum Gasteiger partial charge on any atom is -0.472 e. The maximum atomic E-state index is 13.1. The van der Waals surface area contributed by atoms with E-state index in [0.29, 0.717) is 18.6 Å². The Hall–Kier alpha value is -3.00. The lowest BCUT2D eigenvalue weighted by atomic mass is 9.36. The number of carbonyl (C=O) groups is 3. The highest BCUT2D eigenvalue weighted by Crippen LogP contribution is 2.81. The third-order valence-electron chi connectivity index (χ3n) is 11.9. The van der Waals surface area contributed by atoms with Gasteiger partial charge in [0.2, 0.25) is 0 Å². The van der Waals surface area contributed by atoms with Crippen molar-refractivity contribution in [1.29, 1.82) is 0 Å². The van der Waals surface area contributed by atoms with Crippen LogP contribution in [0.2, 0.25) is 0 Å². The zero-order valence-corrected chi connectivity index (χ0v) is 24.9. The normalized spacial score (nSPS) is 44.3. The van der Waals surface area contributed by atoms with Crippen molar-refractivity contribution in [1.82, 2.24) is 0 Å². The third kappa shape index (κ3) is 3.49. The molecule has 0 bridgehead atoms. The Morgan fingerprint density at radius 3 is 2.61 bits per heavy atom. The molecule has 1 aliphatic heterocycles. The highest BCUT2D eigenvalue weighted by atomic mass is 16.7. The quantitative estimate of drug-likeness (QED) is 0.139. The van der Waals surface area contributed by atoms with Crippen LogP contribution < -0.4 is 0 Å². The van der Waals surface area contributed by atoms with Crippen LogP contribution in [0.4, 0.5) is 0 Å². The Labute approximate surface area is 241 Å². The number of hydrogen-bond acceptors (Lipinski definition) is 8. The standard InChI is InChI=1S/C33H41NO7/c1-8-9-10-25(37)41-34-27-26(20-13-16-38-18-20)31(6)15-11-21-30(5)14-12-23(36)29(3,4)22(30)17-24(39-19(2)35)32(21,7)33(31)28(27)40-33/h8,12-14,16,18,21-22,24,26,28H,1,9-11,15,17H2,2-7H3/b34-27+/t21-,22+,24-,26-,28-,30-,31+,32+,33-/m1/s1. The molecule has 0 N–H and O–H groups in total. The van der Waals surface area contributed by atoms with Crippen molar-refractivity contribution in [2.24, 2.45) is 38.7 Å². The van der Waals surface area contributed by atoms with Crippen LogP contribution in [0.15, 0.2) is 53.0 Å². The number of oxime groups is 1. The molecule has 2 heterocycles. The zero-order valence-electron chi connectivity index (χ0n) is 24.9. The Morgan fingerprint density at radius 2 is 1.95 bits per heavy atom. The van der Waals surface area contributed by atoms with E-state index < -0.39 is 40.0 Å². The molecule has 220 valence electrons. The summed E-state index contributed by atoms with van der Waals surface area (Å²) in [4.78, 5) is 43.7. The molecule has 0 amide bonds. The van der Waals surface area contributed by atoms with Crippen molar-refractivity contribution in [3.05, 3.63) is 49.0 Å². The van der Waals surface area contributed by atoms with Gasteiger partial charge in [-0.15, -0.1) is 6.58 Å². The van der Waals surface area contributed by atoms with E-state index in [0.717, 1.165) is 18.4 Å². The SMILES string of the molecule is C=CCCC(=O)O/N=C1/[C@H]2O[C@]23[C@@]2(C)[C@H](CC[C@@]3(C)[C@@H]1c1ccoc1)[C@@]1(C)C=CC(=O)C(C)(C)[C@@H]1C[C@H]2OC(C)=O. The largest absolute Gasteiger partial charge is 0.472 e. The molecule has 8 heteroatoms. The van der Waals surface area contributed by atoms with Gasteiger partial charge in [0.15, 0.2) is 5.78 Å². The fraction of sp³-hybridized carbons (Fsp3) is 0.636. The number of carbonyl (C=O) groups excluding carboxylic acids is 3.